The van der Waals surface area contributed by atoms with Crippen molar-refractivity contribution in [1.82, 2.24) is 5.32 Å². The highest BCUT2D eigenvalue weighted by Gasteiger charge is 2.20. The molecular formula is C21H27FN2O3S2. The van der Waals surface area contributed by atoms with Gasteiger partial charge >= 0.3 is 0 Å². The molecule has 1 N–H and O–H groups in total. The molecule has 2 aromatic carbocycles. The van der Waals surface area contributed by atoms with Crippen molar-refractivity contribution in [2.75, 3.05) is 29.4 Å². The largest absolute Gasteiger partial charge is 0.354 e. The first-order valence-electron chi connectivity index (χ1n) is 9.45. The number of sulfonamides is 1. The maximum Gasteiger partial charge on any atom is 0.240 e. The summed E-state index contributed by atoms with van der Waals surface area (Å²) in [4.78, 5) is 12.2. The summed E-state index contributed by atoms with van der Waals surface area (Å²) in [6.07, 6.45) is 2.72. The van der Waals surface area contributed by atoms with Crippen molar-refractivity contribution in [1.29, 1.82) is 0 Å². The summed E-state index contributed by atoms with van der Waals surface area (Å²) in [6.45, 7) is 2.25. The van der Waals surface area contributed by atoms with E-state index in [4.69, 9.17) is 0 Å². The molecule has 29 heavy (non-hydrogen) atoms. The Bertz CT molecular complexity index is 885. The number of hydrogen-bond acceptors (Lipinski definition) is 4. The molecule has 5 nitrogen and oxygen atoms in total. The third kappa shape index (κ3) is 8.06. The Morgan fingerprint density at radius 2 is 1.69 bits per heavy atom. The topological polar surface area (TPSA) is 66.5 Å². The molecule has 0 aliphatic heterocycles. The summed E-state index contributed by atoms with van der Waals surface area (Å²) in [5.74, 6) is 1.04. The van der Waals surface area contributed by atoms with Gasteiger partial charge in [-0.1, -0.05) is 31.2 Å². The summed E-state index contributed by atoms with van der Waals surface area (Å²) < 4.78 is 38.2. The van der Waals surface area contributed by atoms with E-state index in [-0.39, 0.29) is 18.3 Å². The Morgan fingerprint density at radius 1 is 1.07 bits per heavy atom. The van der Waals surface area contributed by atoms with E-state index in [9.17, 15) is 17.6 Å². The Kier molecular flexibility index (Phi) is 8.98. The number of halogens is 1. The van der Waals surface area contributed by atoms with E-state index in [1.54, 1.807) is 36.0 Å². The van der Waals surface area contributed by atoms with E-state index in [0.29, 0.717) is 12.2 Å². The highest BCUT2D eigenvalue weighted by atomic mass is 32.2. The van der Waals surface area contributed by atoms with Crippen LogP contribution in [0.4, 0.5) is 10.1 Å². The fraction of sp³-hybridized carbons (Fsp3) is 0.381. The van der Waals surface area contributed by atoms with Gasteiger partial charge in [0.15, 0.2) is 0 Å². The molecule has 1 amide bonds. The van der Waals surface area contributed by atoms with Crippen LogP contribution in [0.1, 0.15) is 24.5 Å². The van der Waals surface area contributed by atoms with Gasteiger partial charge in [0, 0.05) is 12.3 Å². The second-order valence-electron chi connectivity index (χ2n) is 6.67. The average Bonchev–Trinajstić information content (AvgIpc) is 2.69. The van der Waals surface area contributed by atoms with Crippen LogP contribution in [0.15, 0.2) is 48.5 Å². The highest BCUT2D eigenvalue weighted by molar-refractivity contribution is 7.98. The average molecular weight is 439 g/mol. The van der Waals surface area contributed by atoms with Crippen LogP contribution in [0.2, 0.25) is 0 Å². The zero-order valence-electron chi connectivity index (χ0n) is 16.7. The molecule has 2 rings (SSSR count). The summed E-state index contributed by atoms with van der Waals surface area (Å²) in [5, 5.41) is 2.78. The first-order chi connectivity index (χ1) is 13.8. The Labute approximate surface area is 176 Å². The molecule has 0 spiro atoms. The monoisotopic (exact) mass is 438 g/mol. The van der Waals surface area contributed by atoms with Crippen molar-refractivity contribution < 1.29 is 17.6 Å². The van der Waals surface area contributed by atoms with E-state index in [1.165, 1.54) is 12.1 Å². The van der Waals surface area contributed by atoms with Gasteiger partial charge in [0.25, 0.3) is 0 Å². The standard InChI is InChI=1S/C21H27FN2O3S2/c1-3-17-7-11-20(12-8-17)24(29(2,26)27)15-21(25)23-13-4-14-28-16-18-5-9-19(22)10-6-18/h5-12H,3-4,13-16H2,1-2H3,(H,23,25). The van der Waals surface area contributed by atoms with Gasteiger partial charge in [-0.2, -0.15) is 11.8 Å². The number of anilines is 1. The number of amides is 1. The van der Waals surface area contributed by atoms with Gasteiger partial charge in [-0.15, -0.1) is 0 Å². The van der Waals surface area contributed by atoms with Crippen LogP contribution in [0.3, 0.4) is 0 Å². The van der Waals surface area contributed by atoms with Crippen LogP contribution < -0.4 is 9.62 Å². The normalized spacial score (nSPS) is 11.3. The molecule has 0 aromatic heterocycles. The molecule has 0 heterocycles. The number of rotatable bonds is 11. The Morgan fingerprint density at radius 3 is 2.28 bits per heavy atom. The summed E-state index contributed by atoms with van der Waals surface area (Å²) in [7, 11) is -3.56. The molecule has 0 unspecified atom stereocenters. The minimum atomic E-state index is -3.56. The van der Waals surface area contributed by atoms with Crippen molar-refractivity contribution in [2.45, 2.75) is 25.5 Å². The lowest BCUT2D eigenvalue weighted by atomic mass is 10.1. The number of hydrogen-bond donors (Lipinski definition) is 1. The molecule has 0 saturated heterocycles. The molecule has 0 atom stereocenters. The van der Waals surface area contributed by atoms with Gasteiger partial charge in [0.2, 0.25) is 15.9 Å². The quantitative estimate of drug-likeness (QED) is 0.545. The van der Waals surface area contributed by atoms with Gasteiger partial charge < -0.3 is 5.32 Å². The van der Waals surface area contributed by atoms with Crippen molar-refractivity contribution in [3.8, 4) is 0 Å². The smallest absolute Gasteiger partial charge is 0.240 e. The van der Waals surface area contributed by atoms with E-state index in [0.717, 1.165) is 46.0 Å². The fourth-order valence-corrected chi connectivity index (χ4v) is 4.43. The lowest BCUT2D eigenvalue weighted by Crippen LogP contribution is -2.40. The maximum absolute atomic E-state index is 12.9. The van der Waals surface area contributed by atoms with Gasteiger partial charge in [-0.3, -0.25) is 9.10 Å². The van der Waals surface area contributed by atoms with E-state index in [1.807, 2.05) is 19.1 Å². The Hall–Kier alpha value is -2.06. The first kappa shape index (κ1) is 23.2. The zero-order valence-corrected chi connectivity index (χ0v) is 18.4. The van der Waals surface area contributed by atoms with Crippen molar-refractivity contribution in [3.63, 3.8) is 0 Å². The van der Waals surface area contributed by atoms with E-state index in [2.05, 4.69) is 5.32 Å². The van der Waals surface area contributed by atoms with Gasteiger partial charge in [-0.05, 0) is 54.0 Å². The molecule has 0 saturated carbocycles. The third-order valence-corrected chi connectivity index (χ3v) is 6.55. The number of thioether (sulfide) groups is 1. The lowest BCUT2D eigenvalue weighted by Gasteiger charge is -2.22. The van der Waals surface area contributed by atoms with Gasteiger partial charge in [0.1, 0.15) is 12.4 Å². The zero-order chi connectivity index (χ0) is 21.3. The highest BCUT2D eigenvalue weighted by Crippen LogP contribution is 2.18. The second-order valence-corrected chi connectivity index (χ2v) is 9.68. The maximum atomic E-state index is 12.9. The van der Waals surface area contributed by atoms with Crippen LogP contribution >= 0.6 is 11.8 Å². The predicted octanol–water partition coefficient (Wildman–Crippen LogP) is 3.59. The molecule has 0 radical (unpaired) electrons. The van der Waals surface area contributed by atoms with Gasteiger partial charge in [-0.25, -0.2) is 12.8 Å². The summed E-state index contributed by atoms with van der Waals surface area (Å²) in [5.41, 5.74) is 2.64. The molecule has 2 aromatic rings. The number of nitrogens with one attached hydrogen (secondary N) is 1. The van der Waals surface area contributed by atoms with Crippen LogP contribution in [-0.2, 0) is 27.0 Å². The molecule has 0 fully saturated rings. The summed E-state index contributed by atoms with van der Waals surface area (Å²) >= 11 is 1.70. The van der Waals surface area contributed by atoms with Crippen molar-refractivity contribution in [2.24, 2.45) is 0 Å². The lowest BCUT2D eigenvalue weighted by molar-refractivity contribution is -0.119. The first-order valence-corrected chi connectivity index (χ1v) is 12.5. The fourth-order valence-electron chi connectivity index (χ4n) is 2.66. The molecule has 158 valence electrons. The molecule has 8 heteroatoms. The van der Waals surface area contributed by atoms with Crippen LogP contribution in [0.5, 0.6) is 0 Å². The SMILES string of the molecule is CCc1ccc(N(CC(=O)NCCCSCc2ccc(F)cc2)S(C)(=O)=O)cc1. The Balaban J connectivity index is 1.75. The van der Waals surface area contributed by atoms with Crippen molar-refractivity contribution in [3.05, 3.63) is 65.5 Å². The second kappa shape index (κ2) is 11.2. The van der Waals surface area contributed by atoms with Crippen molar-refractivity contribution >= 4 is 33.4 Å². The molecule has 0 aliphatic carbocycles. The van der Waals surface area contributed by atoms with Crippen LogP contribution in [-0.4, -0.2) is 39.4 Å². The predicted molar refractivity (Wildman–Crippen MR) is 118 cm³/mol. The van der Waals surface area contributed by atoms with Gasteiger partial charge in [0.05, 0.1) is 11.9 Å². The summed E-state index contributed by atoms with van der Waals surface area (Å²) in [6, 6.07) is 13.6. The van der Waals surface area contributed by atoms with Crippen LogP contribution in [0.25, 0.3) is 0 Å². The molecule has 0 aliphatic rings. The molecular weight excluding hydrogens is 411 g/mol. The van der Waals surface area contributed by atoms with Crippen LogP contribution in [0, 0.1) is 5.82 Å². The number of nitrogens with zero attached hydrogens (tertiary/aromatic N) is 1. The third-order valence-electron chi connectivity index (χ3n) is 4.29. The number of benzene rings is 2. The minimum absolute atomic E-state index is 0.243. The van der Waals surface area contributed by atoms with E-state index < -0.39 is 10.0 Å². The number of carbonyl (C=O) groups excluding carboxylic acids is 1. The van der Waals surface area contributed by atoms with E-state index >= 15 is 0 Å². The molecule has 0 bridgehead atoms. The number of aryl methyl sites for hydroxylation is 1. The minimum Gasteiger partial charge on any atom is -0.354 e. The number of carbonyl (C=O) groups is 1.